The fraction of sp³-hybridized carbons (Fsp3) is 0.273. The van der Waals surface area contributed by atoms with Gasteiger partial charge in [-0.2, -0.15) is 0 Å². The maximum atomic E-state index is 13.0. The SMILES string of the molecule is COCOc1c(CC=C(C)C)c(O)cc(OC)c1C(=O)C=Cc1cncc(Cl)c1. The number of aromatic hydroxyl groups is 1. The molecule has 0 bridgehead atoms. The summed E-state index contributed by atoms with van der Waals surface area (Å²) >= 11 is 5.94. The van der Waals surface area contributed by atoms with Crippen LogP contribution < -0.4 is 9.47 Å². The van der Waals surface area contributed by atoms with Gasteiger partial charge in [0.05, 0.1) is 12.1 Å². The number of ketones is 1. The number of pyridine rings is 1. The van der Waals surface area contributed by atoms with Crippen molar-refractivity contribution in [3.05, 3.63) is 64.0 Å². The Balaban J connectivity index is 2.55. The highest BCUT2D eigenvalue weighted by Gasteiger charge is 2.23. The molecule has 2 aromatic rings. The second kappa shape index (κ2) is 10.6. The van der Waals surface area contributed by atoms with Crippen LogP contribution in [0.25, 0.3) is 6.08 Å². The Kier molecular flexibility index (Phi) is 8.24. The number of carbonyl (C=O) groups excluding carboxylic acids is 1. The molecule has 0 atom stereocenters. The Labute approximate surface area is 175 Å². The van der Waals surface area contributed by atoms with Crippen LogP contribution in [0.4, 0.5) is 0 Å². The van der Waals surface area contributed by atoms with Gasteiger partial charge in [0, 0.05) is 31.1 Å². The van der Waals surface area contributed by atoms with E-state index >= 15 is 0 Å². The molecule has 1 aromatic carbocycles. The summed E-state index contributed by atoms with van der Waals surface area (Å²) in [7, 11) is 2.90. The monoisotopic (exact) mass is 417 g/mol. The fourth-order valence-electron chi connectivity index (χ4n) is 2.61. The Bertz CT molecular complexity index is 933. The molecule has 0 amide bonds. The molecule has 7 heteroatoms. The summed E-state index contributed by atoms with van der Waals surface area (Å²) in [5, 5.41) is 10.9. The lowest BCUT2D eigenvalue weighted by Crippen LogP contribution is -2.09. The van der Waals surface area contributed by atoms with Gasteiger partial charge in [-0.1, -0.05) is 23.3 Å². The van der Waals surface area contributed by atoms with E-state index < -0.39 is 0 Å². The highest BCUT2D eigenvalue weighted by molar-refractivity contribution is 6.30. The van der Waals surface area contributed by atoms with E-state index in [-0.39, 0.29) is 35.4 Å². The Morgan fingerprint density at radius 3 is 2.62 bits per heavy atom. The van der Waals surface area contributed by atoms with Crippen molar-refractivity contribution in [2.75, 3.05) is 21.0 Å². The molecule has 2 rings (SSSR count). The molecule has 0 fully saturated rings. The zero-order valence-corrected chi connectivity index (χ0v) is 17.6. The van der Waals surface area contributed by atoms with Gasteiger partial charge in [0.2, 0.25) is 0 Å². The number of carbonyl (C=O) groups is 1. The summed E-state index contributed by atoms with van der Waals surface area (Å²) in [6.07, 6.45) is 8.40. The van der Waals surface area contributed by atoms with Gasteiger partial charge in [-0.3, -0.25) is 9.78 Å². The molecule has 1 heterocycles. The molecule has 0 aliphatic rings. The molecule has 0 unspecified atom stereocenters. The minimum Gasteiger partial charge on any atom is -0.507 e. The average molecular weight is 418 g/mol. The molecule has 154 valence electrons. The summed E-state index contributed by atoms with van der Waals surface area (Å²) in [5.41, 5.74) is 2.42. The smallest absolute Gasteiger partial charge is 0.193 e. The maximum Gasteiger partial charge on any atom is 0.193 e. The van der Waals surface area contributed by atoms with E-state index in [0.29, 0.717) is 22.6 Å². The van der Waals surface area contributed by atoms with Crippen molar-refractivity contribution in [2.24, 2.45) is 0 Å². The zero-order valence-electron chi connectivity index (χ0n) is 16.9. The molecule has 0 aliphatic carbocycles. The maximum absolute atomic E-state index is 13.0. The van der Waals surface area contributed by atoms with Gasteiger partial charge >= 0.3 is 0 Å². The van der Waals surface area contributed by atoms with Crippen molar-refractivity contribution >= 4 is 23.5 Å². The number of benzene rings is 1. The lowest BCUT2D eigenvalue weighted by atomic mass is 9.99. The number of phenols is 1. The standard InChI is InChI=1S/C22H24ClNO5/c1-14(2)5-7-17-19(26)10-20(28-4)21(22(17)29-13-27-3)18(25)8-6-15-9-16(23)12-24-11-15/h5-6,8-12,26H,7,13H2,1-4H3. The largest absolute Gasteiger partial charge is 0.507 e. The van der Waals surface area contributed by atoms with Crippen LogP contribution in [0, 0.1) is 0 Å². The second-order valence-corrected chi connectivity index (χ2v) is 6.89. The van der Waals surface area contributed by atoms with Crippen LogP contribution in [0.3, 0.4) is 0 Å². The number of hydrogen-bond donors (Lipinski definition) is 1. The number of halogens is 1. The normalized spacial score (nSPS) is 10.8. The predicted molar refractivity (Wildman–Crippen MR) is 113 cm³/mol. The van der Waals surface area contributed by atoms with E-state index in [2.05, 4.69) is 4.98 Å². The lowest BCUT2D eigenvalue weighted by molar-refractivity contribution is 0.0494. The molecule has 0 radical (unpaired) electrons. The van der Waals surface area contributed by atoms with Crippen molar-refractivity contribution in [3.63, 3.8) is 0 Å². The first-order chi connectivity index (χ1) is 13.9. The van der Waals surface area contributed by atoms with E-state index in [0.717, 1.165) is 5.57 Å². The summed E-state index contributed by atoms with van der Waals surface area (Å²) in [5.74, 6) is 0.0462. The molecular weight excluding hydrogens is 394 g/mol. The van der Waals surface area contributed by atoms with Crippen LogP contribution in [0.2, 0.25) is 5.02 Å². The van der Waals surface area contributed by atoms with Crippen LogP contribution in [-0.2, 0) is 11.2 Å². The second-order valence-electron chi connectivity index (χ2n) is 6.45. The number of methoxy groups -OCH3 is 2. The van der Waals surface area contributed by atoms with E-state index in [1.54, 1.807) is 18.3 Å². The Morgan fingerprint density at radius 2 is 2.00 bits per heavy atom. The topological polar surface area (TPSA) is 77.9 Å². The van der Waals surface area contributed by atoms with Gasteiger partial charge in [0.1, 0.15) is 22.8 Å². The van der Waals surface area contributed by atoms with Crippen LogP contribution in [0.15, 0.2) is 42.3 Å². The molecule has 0 aliphatic heterocycles. The quantitative estimate of drug-likeness (QED) is 0.272. The zero-order chi connectivity index (χ0) is 21.4. The highest BCUT2D eigenvalue weighted by atomic mass is 35.5. The Morgan fingerprint density at radius 1 is 1.24 bits per heavy atom. The molecule has 0 saturated carbocycles. The third kappa shape index (κ3) is 6.07. The van der Waals surface area contributed by atoms with Crippen LogP contribution in [-0.4, -0.2) is 36.9 Å². The summed E-state index contributed by atoms with van der Waals surface area (Å²) in [4.78, 5) is 17.0. The molecule has 1 N–H and O–H groups in total. The van der Waals surface area contributed by atoms with E-state index in [1.807, 2.05) is 19.9 Å². The minimum atomic E-state index is -0.355. The van der Waals surface area contributed by atoms with Crippen molar-refractivity contribution < 1.29 is 24.1 Å². The van der Waals surface area contributed by atoms with Crippen molar-refractivity contribution in [3.8, 4) is 17.2 Å². The van der Waals surface area contributed by atoms with Gasteiger partial charge in [0.25, 0.3) is 0 Å². The van der Waals surface area contributed by atoms with Gasteiger partial charge in [-0.25, -0.2) is 0 Å². The van der Waals surface area contributed by atoms with Gasteiger partial charge < -0.3 is 19.3 Å². The van der Waals surface area contributed by atoms with E-state index in [4.69, 9.17) is 25.8 Å². The number of allylic oxidation sites excluding steroid dienone is 3. The number of ether oxygens (including phenoxy) is 3. The summed E-state index contributed by atoms with van der Waals surface area (Å²) < 4.78 is 16.0. The lowest BCUT2D eigenvalue weighted by Gasteiger charge is -2.18. The summed E-state index contributed by atoms with van der Waals surface area (Å²) in [6, 6.07) is 3.10. The molecule has 0 spiro atoms. The molecule has 1 aromatic heterocycles. The number of nitrogens with zero attached hydrogens (tertiary/aromatic N) is 1. The predicted octanol–water partition coefficient (Wildman–Crippen LogP) is 4.84. The third-order valence-corrected chi connectivity index (χ3v) is 4.19. The molecular formula is C22H24ClNO5. The number of rotatable bonds is 9. The first kappa shape index (κ1) is 22.5. The highest BCUT2D eigenvalue weighted by Crippen LogP contribution is 2.40. The van der Waals surface area contributed by atoms with Gasteiger partial charge in [-0.15, -0.1) is 0 Å². The van der Waals surface area contributed by atoms with Crippen LogP contribution >= 0.6 is 11.6 Å². The van der Waals surface area contributed by atoms with Crippen molar-refractivity contribution in [1.82, 2.24) is 4.98 Å². The average Bonchev–Trinajstić information content (AvgIpc) is 2.69. The first-order valence-corrected chi connectivity index (χ1v) is 9.26. The third-order valence-electron chi connectivity index (χ3n) is 3.98. The van der Waals surface area contributed by atoms with Crippen molar-refractivity contribution in [1.29, 1.82) is 0 Å². The van der Waals surface area contributed by atoms with E-state index in [1.165, 1.54) is 32.6 Å². The number of phenolic OH excluding ortho intramolecular Hbond substituents is 1. The molecule has 6 nitrogen and oxygen atoms in total. The molecule has 29 heavy (non-hydrogen) atoms. The number of aromatic nitrogens is 1. The first-order valence-electron chi connectivity index (χ1n) is 8.88. The minimum absolute atomic E-state index is 0.0231. The summed E-state index contributed by atoms with van der Waals surface area (Å²) in [6.45, 7) is 3.81. The van der Waals surface area contributed by atoms with Crippen LogP contribution in [0.5, 0.6) is 17.2 Å². The van der Waals surface area contributed by atoms with Crippen molar-refractivity contribution in [2.45, 2.75) is 20.3 Å². The van der Waals surface area contributed by atoms with Gasteiger partial charge in [0.15, 0.2) is 12.6 Å². The Hall–Kier alpha value is -2.83. The van der Waals surface area contributed by atoms with Gasteiger partial charge in [-0.05, 0) is 44.1 Å². The fourth-order valence-corrected chi connectivity index (χ4v) is 2.79. The van der Waals surface area contributed by atoms with E-state index in [9.17, 15) is 9.90 Å². The number of hydrogen-bond acceptors (Lipinski definition) is 6. The van der Waals surface area contributed by atoms with Crippen LogP contribution in [0.1, 0.15) is 35.3 Å². The molecule has 0 saturated heterocycles.